The maximum absolute atomic E-state index is 5.25. The molecule has 0 aliphatic carbocycles. The van der Waals surface area contributed by atoms with Crippen molar-refractivity contribution in [3.63, 3.8) is 0 Å². The third kappa shape index (κ3) is 1.50. The Labute approximate surface area is 92.1 Å². The van der Waals surface area contributed by atoms with Gasteiger partial charge in [0.15, 0.2) is 5.76 Å². The SMILES string of the molecule is c1ccc(-n2cc(-c3ccco3)nn2)cc1. The fraction of sp³-hybridized carbons (Fsp3) is 0. The van der Waals surface area contributed by atoms with Gasteiger partial charge >= 0.3 is 0 Å². The van der Waals surface area contributed by atoms with Gasteiger partial charge in [0, 0.05) is 0 Å². The normalized spacial score (nSPS) is 10.5. The minimum absolute atomic E-state index is 0.724. The second-order valence-electron chi connectivity index (χ2n) is 3.36. The molecule has 0 fully saturated rings. The van der Waals surface area contributed by atoms with Crippen molar-refractivity contribution in [2.24, 2.45) is 0 Å². The molecule has 4 nitrogen and oxygen atoms in total. The summed E-state index contributed by atoms with van der Waals surface area (Å²) >= 11 is 0. The van der Waals surface area contributed by atoms with E-state index in [-0.39, 0.29) is 0 Å². The van der Waals surface area contributed by atoms with Crippen molar-refractivity contribution in [1.82, 2.24) is 15.0 Å². The minimum Gasteiger partial charge on any atom is -0.463 e. The van der Waals surface area contributed by atoms with E-state index in [4.69, 9.17) is 4.42 Å². The van der Waals surface area contributed by atoms with Crippen LogP contribution in [0.15, 0.2) is 59.3 Å². The van der Waals surface area contributed by atoms with Gasteiger partial charge in [-0.25, -0.2) is 4.68 Å². The van der Waals surface area contributed by atoms with Crippen molar-refractivity contribution in [2.75, 3.05) is 0 Å². The zero-order valence-corrected chi connectivity index (χ0v) is 8.45. The molecule has 0 N–H and O–H groups in total. The predicted octanol–water partition coefficient (Wildman–Crippen LogP) is 2.53. The molecule has 0 spiro atoms. The van der Waals surface area contributed by atoms with E-state index in [2.05, 4.69) is 10.3 Å². The molecule has 2 heterocycles. The summed E-state index contributed by atoms with van der Waals surface area (Å²) in [5, 5.41) is 8.10. The summed E-state index contributed by atoms with van der Waals surface area (Å²) in [6, 6.07) is 13.5. The number of hydrogen-bond donors (Lipinski definition) is 0. The van der Waals surface area contributed by atoms with E-state index < -0.39 is 0 Å². The van der Waals surface area contributed by atoms with Gasteiger partial charge in [0.25, 0.3) is 0 Å². The summed E-state index contributed by atoms with van der Waals surface area (Å²) in [5.41, 5.74) is 1.71. The molecule has 16 heavy (non-hydrogen) atoms. The lowest BCUT2D eigenvalue weighted by atomic mass is 10.3. The number of rotatable bonds is 2. The second kappa shape index (κ2) is 3.66. The van der Waals surface area contributed by atoms with Crippen LogP contribution < -0.4 is 0 Å². The molecule has 3 aromatic rings. The van der Waals surface area contributed by atoms with E-state index in [1.807, 2.05) is 48.7 Å². The van der Waals surface area contributed by atoms with Crippen molar-refractivity contribution in [2.45, 2.75) is 0 Å². The maximum atomic E-state index is 5.25. The minimum atomic E-state index is 0.724. The Kier molecular flexibility index (Phi) is 2.04. The Balaban J connectivity index is 2.00. The van der Waals surface area contributed by atoms with E-state index in [9.17, 15) is 0 Å². The average Bonchev–Trinajstić information content (AvgIpc) is 3.01. The van der Waals surface area contributed by atoms with Crippen LogP contribution in [-0.2, 0) is 0 Å². The standard InChI is InChI=1S/C12H9N3O/c1-2-5-10(6-3-1)15-9-11(13-14-15)12-7-4-8-16-12/h1-9H. The molecule has 0 saturated heterocycles. The van der Waals surface area contributed by atoms with Crippen LogP contribution in [0.3, 0.4) is 0 Å². The molecule has 0 aliphatic rings. The van der Waals surface area contributed by atoms with E-state index in [0.717, 1.165) is 17.1 Å². The fourth-order valence-electron chi connectivity index (χ4n) is 1.51. The highest BCUT2D eigenvalue weighted by molar-refractivity contribution is 5.50. The lowest BCUT2D eigenvalue weighted by molar-refractivity contribution is 0.580. The molecule has 0 radical (unpaired) electrons. The van der Waals surface area contributed by atoms with Crippen LogP contribution in [0.1, 0.15) is 0 Å². The average molecular weight is 211 g/mol. The van der Waals surface area contributed by atoms with Crippen LogP contribution in [-0.4, -0.2) is 15.0 Å². The maximum Gasteiger partial charge on any atom is 0.155 e. The highest BCUT2D eigenvalue weighted by Gasteiger charge is 2.06. The first kappa shape index (κ1) is 8.91. The van der Waals surface area contributed by atoms with Crippen molar-refractivity contribution < 1.29 is 4.42 Å². The summed E-state index contributed by atoms with van der Waals surface area (Å²) in [5.74, 6) is 0.724. The third-order valence-electron chi connectivity index (χ3n) is 2.29. The van der Waals surface area contributed by atoms with Crippen LogP contribution in [0.2, 0.25) is 0 Å². The first-order valence-electron chi connectivity index (χ1n) is 4.95. The van der Waals surface area contributed by atoms with Gasteiger partial charge in [-0.05, 0) is 24.3 Å². The molecule has 0 amide bonds. The van der Waals surface area contributed by atoms with Crippen molar-refractivity contribution in [3.05, 3.63) is 54.9 Å². The largest absolute Gasteiger partial charge is 0.463 e. The lowest BCUT2D eigenvalue weighted by Crippen LogP contribution is -1.93. The molecule has 2 aromatic heterocycles. The Morgan fingerprint density at radius 3 is 2.62 bits per heavy atom. The zero-order valence-electron chi connectivity index (χ0n) is 8.45. The van der Waals surface area contributed by atoms with Crippen molar-refractivity contribution in [3.8, 4) is 17.1 Å². The Hall–Kier alpha value is -2.36. The zero-order chi connectivity index (χ0) is 10.8. The number of nitrogens with zero attached hydrogens (tertiary/aromatic N) is 3. The van der Waals surface area contributed by atoms with Crippen LogP contribution in [0, 0.1) is 0 Å². The van der Waals surface area contributed by atoms with Gasteiger partial charge in [0.1, 0.15) is 5.69 Å². The molecule has 4 heteroatoms. The first-order valence-corrected chi connectivity index (χ1v) is 4.95. The molecule has 0 saturated carbocycles. The number of aromatic nitrogens is 3. The molecule has 78 valence electrons. The monoisotopic (exact) mass is 211 g/mol. The summed E-state index contributed by atoms with van der Waals surface area (Å²) in [7, 11) is 0. The third-order valence-corrected chi connectivity index (χ3v) is 2.29. The van der Waals surface area contributed by atoms with E-state index >= 15 is 0 Å². The van der Waals surface area contributed by atoms with Gasteiger partial charge in [-0.2, -0.15) is 0 Å². The first-order chi connectivity index (χ1) is 7.93. The Morgan fingerprint density at radius 2 is 1.88 bits per heavy atom. The molecule has 3 rings (SSSR count). The van der Waals surface area contributed by atoms with Crippen molar-refractivity contribution >= 4 is 0 Å². The van der Waals surface area contributed by atoms with Gasteiger partial charge in [0.05, 0.1) is 18.1 Å². The highest BCUT2D eigenvalue weighted by atomic mass is 16.3. The van der Waals surface area contributed by atoms with Crippen LogP contribution in [0.4, 0.5) is 0 Å². The topological polar surface area (TPSA) is 43.9 Å². The molecule has 1 aromatic carbocycles. The predicted molar refractivity (Wildman–Crippen MR) is 59.1 cm³/mol. The lowest BCUT2D eigenvalue weighted by Gasteiger charge is -1.96. The second-order valence-corrected chi connectivity index (χ2v) is 3.36. The van der Waals surface area contributed by atoms with Crippen LogP contribution >= 0.6 is 0 Å². The molecular formula is C12H9N3O. The Morgan fingerprint density at radius 1 is 1.00 bits per heavy atom. The smallest absolute Gasteiger partial charge is 0.155 e. The summed E-state index contributed by atoms with van der Waals surface area (Å²) in [4.78, 5) is 0. The number of hydrogen-bond acceptors (Lipinski definition) is 3. The van der Waals surface area contributed by atoms with Crippen LogP contribution in [0.5, 0.6) is 0 Å². The quantitative estimate of drug-likeness (QED) is 0.654. The number of para-hydroxylation sites is 1. The molecule has 0 aliphatic heterocycles. The molecule has 0 unspecified atom stereocenters. The molecular weight excluding hydrogens is 202 g/mol. The van der Waals surface area contributed by atoms with Gasteiger partial charge in [-0.15, -0.1) is 5.10 Å². The number of furan rings is 1. The number of benzene rings is 1. The van der Waals surface area contributed by atoms with Crippen molar-refractivity contribution in [1.29, 1.82) is 0 Å². The highest BCUT2D eigenvalue weighted by Crippen LogP contribution is 2.17. The molecule has 0 atom stereocenters. The fourth-order valence-corrected chi connectivity index (χ4v) is 1.51. The summed E-state index contributed by atoms with van der Waals surface area (Å²) < 4.78 is 6.97. The summed E-state index contributed by atoms with van der Waals surface area (Å²) in [6.45, 7) is 0. The van der Waals surface area contributed by atoms with Gasteiger partial charge in [0.2, 0.25) is 0 Å². The molecule has 0 bridgehead atoms. The van der Waals surface area contributed by atoms with Gasteiger partial charge in [-0.3, -0.25) is 0 Å². The van der Waals surface area contributed by atoms with E-state index in [0.29, 0.717) is 0 Å². The van der Waals surface area contributed by atoms with Gasteiger partial charge < -0.3 is 4.42 Å². The summed E-state index contributed by atoms with van der Waals surface area (Å²) in [6.07, 6.45) is 3.46. The van der Waals surface area contributed by atoms with E-state index in [1.165, 1.54) is 0 Å². The van der Waals surface area contributed by atoms with E-state index in [1.54, 1.807) is 10.9 Å². The van der Waals surface area contributed by atoms with Gasteiger partial charge in [-0.1, -0.05) is 23.4 Å². The Bertz CT molecular complexity index is 569. The van der Waals surface area contributed by atoms with Crippen LogP contribution in [0.25, 0.3) is 17.1 Å².